The third-order valence-electron chi connectivity index (χ3n) is 2.68. The van der Waals surface area contributed by atoms with E-state index >= 15 is 0 Å². The molecule has 0 aliphatic heterocycles. The Labute approximate surface area is 116 Å². The molecule has 98 valence electrons. The fraction of sp³-hybridized carbons (Fsp3) is 0.357. The summed E-state index contributed by atoms with van der Waals surface area (Å²) in [7, 11) is -0.626. The van der Waals surface area contributed by atoms with E-state index in [0.717, 1.165) is 19.3 Å². The number of carbonyl (C=O) groups is 1. The fourth-order valence-electron chi connectivity index (χ4n) is 1.64. The number of unbranched alkanes of at least 4 members (excludes halogenated alkanes) is 1. The first kappa shape index (κ1) is 15.0. The Hall–Kier alpha value is -1.06. The lowest BCUT2D eigenvalue weighted by Crippen LogP contribution is -2.15. The molecular weight excluding hydrogens is 264 g/mol. The summed E-state index contributed by atoms with van der Waals surface area (Å²) >= 11 is 6.01. The molecule has 1 aromatic rings. The molecule has 0 unspecified atom stereocenters. The topological polar surface area (TPSA) is 26.3 Å². The summed E-state index contributed by atoms with van der Waals surface area (Å²) in [5.74, 6) is -0.302. The van der Waals surface area contributed by atoms with Crippen LogP contribution in [0.1, 0.15) is 25.3 Å². The Balaban J connectivity index is 2.26. The molecule has 0 aliphatic rings. The van der Waals surface area contributed by atoms with E-state index in [0.29, 0.717) is 12.2 Å². The van der Waals surface area contributed by atoms with E-state index in [4.69, 9.17) is 15.8 Å². The van der Waals surface area contributed by atoms with Gasteiger partial charge in [-0.2, -0.15) is 11.1 Å². The summed E-state index contributed by atoms with van der Waals surface area (Å²) in [6.07, 6.45) is 2.88. The van der Waals surface area contributed by atoms with E-state index in [9.17, 15) is 4.79 Å². The molecule has 0 amide bonds. The minimum Gasteiger partial charge on any atom is -0.462 e. The second-order valence-electron chi connectivity index (χ2n) is 4.28. The molecule has 0 N–H and O–H groups in total. The molecule has 0 atom stereocenters. The van der Waals surface area contributed by atoms with Crippen molar-refractivity contribution in [2.45, 2.75) is 26.2 Å². The van der Waals surface area contributed by atoms with E-state index in [2.05, 4.69) is 18.7 Å². The van der Waals surface area contributed by atoms with Crippen LogP contribution in [0.15, 0.2) is 36.4 Å². The highest BCUT2D eigenvalue weighted by molar-refractivity contribution is 7.01. The molecule has 0 heterocycles. The lowest BCUT2D eigenvalue weighted by molar-refractivity contribution is -0.139. The number of esters is 1. The van der Waals surface area contributed by atoms with Crippen LogP contribution in [-0.2, 0) is 16.0 Å². The van der Waals surface area contributed by atoms with Crippen LogP contribution in [0.4, 0.5) is 0 Å². The molecule has 2 nitrogen and oxygen atoms in total. The number of rotatable bonds is 7. The number of benzene rings is 1. The average molecular weight is 283 g/mol. The largest absolute Gasteiger partial charge is 0.462 e. The monoisotopic (exact) mass is 282 g/mol. The molecule has 18 heavy (non-hydrogen) atoms. The Bertz CT molecular complexity index is 418. The lowest BCUT2D eigenvalue weighted by atomic mass is 10.1. The Morgan fingerprint density at radius 3 is 2.78 bits per heavy atom. The Kier molecular flexibility index (Phi) is 6.76. The number of halogens is 1. The van der Waals surface area contributed by atoms with Gasteiger partial charge in [0.05, 0.1) is 6.61 Å². The minimum absolute atomic E-state index is 0.302. The van der Waals surface area contributed by atoms with E-state index in [-0.39, 0.29) is 5.97 Å². The Morgan fingerprint density at radius 2 is 2.11 bits per heavy atom. The smallest absolute Gasteiger partial charge is 0.333 e. The van der Waals surface area contributed by atoms with Gasteiger partial charge in [-0.25, -0.2) is 4.79 Å². The van der Waals surface area contributed by atoms with Gasteiger partial charge in [0, 0.05) is 5.57 Å². The quantitative estimate of drug-likeness (QED) is 0.252. The summed E-state index contributed by atoms with van der Waals surface area (Å²) in [6, 6.07) is 8.31. The van der Waals surface area contributed by atoms with Crippen LogP contribution in [0.2, 0.25) is 0 Å². The van der Waals surface area contributed by atoms with Crippen molar-refractivity contribution in [2.24, 2.45) is 0 Å². The molecule has 1 aromatic carbocycles. The summed E-state index contributed by atoms with van der Waals surface area (Å²) in [5.41, 5.74) is 1.79. The molecule has 0 radical (unpaired) electrons. The SMILES string of the molecule is C=C(C)C(=O)OCCCCc1ccccc1[SiH2]Cl. The summed E-state index contributed by atoms with van der Waals surface area (Å²) in [4.78, 5) is 11.1. The summed E-state index contributed by atoms with van der Waals surface area (Å²) < 4.78 is 5.04. The van der Waals surface area contributed by atoms with E-state index < -0.39 is 8.83 Å². The number of hydrogen-bond acceptors (Lipinski definition) is 2. The van der Waals surface area contributed by atoms with Crippen molar-refractivity contribution in [1.29, 1.82) is 0 Å². The predicted molar refractivity (Wildman–Crippen MR) is 79.2 cm³/mol. The van der Waals surface area contributed by atoms with Crippen molar-refractivity contribution >= 4 is 31.1 Å². The molecule has 0 aliphatic carbocycles. The van der Waals surface area contributed by atoms with Crippen LogP contribution in [0, 0.1) is 0 Å². The van der Waals surface area contributed by atoms with Crippen LogP contribution in [0.3, 0.4) is 0 Å². The fourth-order valence-corrected chi connectivity index (χ4v) is 3.11. The molecule has 1 rings (SSSR count). The van der Waals surface area contributed by atoms with Gasteiger partial charge < -0.3 is 4.74 Å². The zero-order chi connectivity index (χ0) is 13.4. The molecular formula is C14H19ClO2Si. The number of aryl methyl sites for hydroxylation is 1. The van der Waals surface area contributed by atoms with Gasteiger partial charge >= 0.3 is 5.97 Å². The van der Waals surface area contributed by atoms with Crippen molar-refractivity contribution < 1.29 is 9.53 Å². The molecule has 4 heteroatoms. The summed E-state index contributed by atoms with van der Waals surface area (Å²) in [5, 5.41) is 1.32. The first-order valence-corrected chi connectivity index (χ1v) is 8.95. The van der Waals surface area contributed by atoms with Crippen molar-refractivity contribution in [1.82, 2.24) is 0 Å². The molecule has 0 fully saturated rings. The zero-order valence-corrected chi connectivity index (χ0v) is 12.9. The van der Waals surface area contributed by atoms with Gasteiger partial charge in [0.2, 0.25) is 0 Å². The van der Waals surface area contributed by atoms with Gasteiger partial charge in [0.15, 0.2) is 8.83 Å². The third-order valence-corrected chi connectivity index (χ3v) is 4.53. The van der Waals surface area contributed by atoms with Crippen LogP contribution < -0.4 is 5.19 Å². The lowest BCUT2D eigenvalue weighted by Gasteiger charge is -2.07. The van der Waals surface area contributed by atoms with Gasteiger partial charge in [-0.05, 0) is 36.9 Å². The number of ether oxygens (including phenoxy) is 1. The normalized spacial score (nSPS) is 10.8. The maximum atomic E-state index is 11.1. The van der Waals surface area contributed by atoms with Gasteiger partial charge in [0.25, 0.3) is 0 Å². The third kappa shape index (κ3) is 5.06. The average Bonchev–Trinajstić information content (AvgIpc) is 2.38. The second kappa shape index (κ2) is 8.11. The van der Waals surface area contributed by atoms with Crippen LogP contribution >= 0.6 is 11.1 Å². The van der Waals surface area contributed by atoms with Crippen LogP contribution in [-0.4, -0.2) is 21.4 Å². The Morgan fingerprint density at radius 1 is 1.39 bits per heavy atom. The molecule has 0 spiro atoms. The molecule has 0 saturated carbocycles. The minimum atomic E-state index is -0.626. The van der Waals surface area contributed by atoms with Crippen LogP contribution in [0.25, 0.3) is 0 Å². The van der Waals surface area contributed by atoms with Crippen LogP contribution in [0.5, 0.6) is 0 Å². The van der Waals surface area contributed by atoms with Gasteiger partial charge in [-0.1, -0.05) is 30.8 Å². The zero-order valence-electron chi connectivity index (χ0n) is 10.7. The highest BCUT2D eigenvalue weighted by atomic mass is 35.6. The van der Waals surface area contributed by atoms with Gasteiger partial charge in [0.1, 0.15) is 0 Å². The van der Waals surface area contributed by atoms with Crippen molar-refractivity contribution in [2.75, 3.05) is 6.61 Å². The standard InChI is InChI=1S/C14H19ClO2Si/c1-11(2)14(16)17-10-6-5-8-12-7-3-4-9-13(12)18-15/h3-4,7,9H,1,5-6,8,10,18H2,2H3. The molecule has 0 saturated heterocycles. The highest BCUT2D eigenvalue weighted by Crippen LogP contribution is 2.04. The summed E-state index contributed by atoms with van der Waals surface area (Å²) in [6.45, 7) is 5.66. The molecule has 0 aromatic heterocycles. The van der Waals surface area contributed by atoms with Crippen molar-refractivity contribution in [3.63, 3.8) is 0 Å². The number of carbonyl (C=O) groups excluding carboxylic acids is 1. The van der Waals surface area contributed by atoms with Gasteiger partial charge in [-0.15, -0.1) is 0 Å². The van der Waals surface area contributed by atoms with Crippen molar-refractivity contribution in [3.05, 3.63) is 42.0 Å². The second-order valence-corrected chi connectivity index (χ2v) is 6.11. The van der Waals surface area contributed by atoms with E-state index in [1.165, 1.54) is 10.8 Å². The maximum absolute atomic E-state index is 11.1. The van der Waals surface area contributed by atoms with E-state index in [1.54, 1.807) is 6.92 Å². The number of hydrogen-bond donors (Lipinski definition) is 0. The first-order chi connectivity index (χ1) is 8.65. The maximum Gasteiger partial charge on any atom is 0.333 e. The van der Waals surface area contributed by atoms with E-state index in [1.807, 2.05) is 12.1 Å². The molecule has 0 bridgehead atoms. The highest BCUT2D eigenvalue weighted by Gasteiger charge is 2.03. The first-order valence-electron chi connectivity index (χ1n) is 6.10. The van der Waals surface area contributed by atoms with Gasteiger partial charge in [-0.3, -0.25) is 0 Å². The van der Waals surface area contributed by atoms with Crippen molar-refractivity contribution in [3.8, 4) is 0 Å². The predicted octanol–water partition coefficient (Wildman–Crippen LogP) is 2.08.